The third-order valence-electron chi connectivity index (χ3n) is 2.17. The van der Waals surface area contributed by atoms with Gasteiger partial charge in [-0.3, -0.25) is 4.79 Å². The second-order valence-corrected chi connectivity index (χ2v) is 4.32. The van der Waals surface area contributed by atoms with Gasteiger partial charge in [0.25, 0.3) is 0 Å². The van der Waals surface area contributed by atoms with Crippen LogP contribution in [0.1, 0.15) is 12.7 Å². The minimum Gasteiger partial charge on any atom is -0.452 e. The van der Waals surface area contributed by atoms with Gasteiger partial charge >= 0.3 is 0 Å². The van der Waals surface area contributed by atoms with Crippen molar-refractivity contribution >= 4 is 21.8 Å². The van der Waals surface area contributed by atoms with Crippen LogP contribution in [-0.2, 0) is 11.3 Å². The number of nitrogens with zero attached hydrogens (tertiary/aromatic N) is 1. The third kappa shape index (κ3) is 3.35. The van der Waals surface area contributed by atoms with E-state index < -0.39 is 0 Å². The molecule has 0 bridgehead atoms. The second-order valence-electron chi connectivity index (χ2n) is 3.54. The van der Waals surface area contributed by atoms with Crippen LogP contribution in [0, 0.1) is 5.92 Å². The van der Waals surface area contributed by atoms with E-state index >= 15 is 0 Å². The number of halogens is 1. The summed E-state index contributed by atoms with van der Waals surface area (Å²) < 4.78 is 5.98. The van der Waals surface area contributed by atoms with Gasteiger partial charge in [0.2, 0.25) is 5.91 Å². The van der Waals surface area contributed by atoms with Crippen LogP contribution in [0.4, 0.5) is 0 Å². The van der Waals surface area contributed by atoms with Crippen molar-refractivity contribution in [2.24, 2.45) is 11.7 Å². The Morgan fingerprint density at radius 3 is 2.80 bits per heavy atom. The zero-order chi connectivity index (χ0) is 11.4. The fraction of sp³-hybridized carbons (Fsp3) is 0.500. The van der Waals surface area contributed by atoms with E-state index in [-0.39, 0.29) is 11.8 Å². The Bertz CT molecular complexity index is 338. The van der Waals surface area contributed by atoms with Crippen LogP contribution in [0.25, 0.3) is 0 Å². The molecule has 0 aromatic carbocycles. The molecule has 1 aromatic heterocycles. The van der Waals surface area contributed by atoms with Crippen LogP contribution in [0.2, 0.25) is 0 Å². The summed E-state index contributed by atoms with van der Waals surface area (Å²) in [4.78, 5) is 13.3. The average molecular weight is 275 g/mol. The highest BCUT2D eigenvalue weighted by Gasteiger charge is 2.16. The molecule has 5 heteroatoms. The molecule has 1 heterocycles. The summed E-state index contributed by atoms with van der Waals surface area (Å²) in [6, 6.07) is 3.64. The van der Waals surface area contributed by atoms with Gasteiger partial charge in [-0.05, 0) is 28.1 Å². The maximum atomic E-state index is 11.7. The van der Waals surface area contributed by atoms with E-state index in [1.54, 1.807) is 18.0 Å². The van der Waals surface area contributed by atoms with Crippen molar-refractivity contribution in [2.75, 3.05) is 13.6 Å². The molecule has 0 saturated heterocycles. The summed E-state index contributed by atoms with van der Waals surface area (Å²) >= 11 is 3.21. The lowest BCUT2D eigenvalue weighted by molar-refractivity contribution is -0.134. The van der Waals surface area contributed by atoms with E-state index in [2.05, 4.69) is 15.9 Å². The number of nitrogens with two attached hydrogens (primary N) is 1. The minimum atomic E-state index is -0.145. The third-order valence-corrected chi connectivity index (χ3v) is 2.60. The molecular formula is C10H15BrN2O2. The van der Waals surface area contributed by atoms with E-state index in [1.165, 1.54) is 0 Å². The van der Waals surface area contributed by atoms with Gasteiger partial charge in [-0.15, -0.1) is 0 Å². The lowest BCUT2D eigenvalue weighted by Gasteiger charge is -2.19. The molecule has 0 aliphatic heterocycles. The summed E-state index contributed by atoms with van der Waals surface area (Å²) in [5.41, 5.74) is 5.43. The molecule has 2 N–H and O–H groups in total. The first-order chi connectivity index (χ1) is 7.04. The Morgan fingerprint density at radius 1 is 1.67 bits per heavy atom. The van der Waals surface area contributed by atoms with Crippen molar-refractivity contribution in [1.82, 2.24) is 4.90 Å². The van der Waals surface area contributed by atoms with Crippen molar-refractivity contribution in [1.29, 1.82) is 0 Å². The zero-order valence-corrected chi connectivity index (χ0v) is 10.5. The van der Waals surface area contributed by atoms with Crippen LogP contribution in [0.15, 0.2) is 21.2 Å². The fourth-order valence-electron chi connectivity index (χ4n) is 1.23. The van der Waals surface area contributed by atoms with Crippen molar-refractivity contribution < 1.29 is 9.21 Å². The number of carbonyl (C=O) groups excluding carboxylic acids is 1. The van der Waals surface area contributed by atoms with Crippen molar-refractivity contribution in [3.05, 3.63) is 22.6 Å². The van der Waals surface area contributed by atoms with Gasteiger partial charge in [-0.2, -0.15) is 0 Å². The van der Waals surface area contributed by atoms with E-state index in [0.29, 0.717) is 17.8 Å². The molecule has 1 atom stereocenters. The molecular weight excluding hydrogens is 260 g/mol. The molecule has 0 radical (unpaired) electrons. The van der Waals surface area contributed by atoms with E-state index in [9.17, 15) is 4.79 Å². The molecule has 15 heavy (non-hydrogen) atoms. The highest BCUT2D eigenvalue weighted by atomic mass is 79.9. The van der Waals surface area contributed by atoms with Crippen molar-refractivity contribution in [2.45, 2.75) is 13.5 Å². The normalized spacial score (nSPS) is 12.5. The molecule has 1 unspecified atom stereocenters. The lowest BCUT2D eigenvalue weighted by atomic mass is 10.1. The molecule has 1 aromatic rings. The zero-order valence-electron chi connectivity index (χ0n) is 8.87. The molecule has 84 valence electrons. The van der Waals surface area contributed by atoms with Gasteiger partial charge in [0, 0.05) is 19.5 Å². The van der Waals surface area contributed by atoms with Gasteiger partial charge in [0.15, 0.2) is 4.67 Å². The maximum absolute atomic E-state index is 11.7. The van der Waals surface area contributed by atoms with Crippen LogP contribution in [0.5, 0.6) is 0 Å². The predicted octanol–water partition coefficient (Wildman–Crippen LogP) is 1.60. The summed E-state index contributed by atoms with van der Waals surface area (Å²) in [5.74, 6) is 0.639. The Hall–Kier alpha value is -0.810. The molecule has 1 rings (SSSR count). The largest absolute Gasteiger partial charge is 0.452 e. The summed E-state index contributed by atoms with van der Waals surface area (Å²) in [6.07, 6.45) is 0. The Balaban J connectivity index is 2.55. The van der Waals surface area contributed by atoms with Crippen molar-refractivity contribution in [3.63, 3.8) is 0 Å². The van der Waals surface area contributed by atoms with E-state index in [0.717, 1.165) is 5.76 Å². The summed E-state index contributed by atoms with van der Waals surface area (Å²) in [7, 11) is 1.74. The van der Waals surface area contributed by atoms with Crippen molar-refractivity contribution in [3.8, 4) is 0 Å². The molecule has 1 amide bonds. The topological polar surface area (TPSA) is 59.5 Å². The molecule has 0 aliphatic rings. The van der Waals surface area contributed by atoms with Gasteiger partial charge in [-0.1, -0.05) is 6.92 Å². The van der Waals surface area contributed by atoms with Gasteiger partial charge in [-0.25, -0.2) is 0 Å². The lowest BCUT2D eigenvalue weighted by Crippen LogP contribution is -2.34. The number of rotatable bonds is 4. The minimum absolute atomic E-state index is 0.0324. The maximum Gasteiger partial charge on any atom is 0.226 e. The van der Waals surface area contributed by atoms with Crippen LogP contribution < -0.4 is 5.73 Å². The Morgan fingerprint density at radius 2 is 2.33 bits per heavy atom. The first kappa shape index (κ1) is 12.3. The van der Waals surface area contributed by atoms with Gasteiger partial charge in [0.05, 0.1) is 6.54 Å². The first-order valence-corrected chi connectivity index (χ1v) is 5.53. The number of hydrogen-bond acceptors (Lipinski definition) is 3. The smallest absolute Gasteiger partial charge is 0.226 e. The number of furan rings is 1. The monoisotopic (exact) mass is 274 g/mol. The van der Waals surface area contributed by atoms with Crippen LogP contribution in [0.3, 0.4) is 0 Å². The highest BCUT2D eigenvalue weighted by Crippen LogP contribution is 2.15. The SMILES string of the molecule is CC(CN)C(=O)N(C)Cc1ccc(Br)o1. The second kappa shape index (κ2) is 5.32. The van der Waals surface area contributed by atoms with Crippen LogP contribution >= 0.6 is 15.9 Å². The summed E-state index contributed by atoms with van der Waals surface area (Å²) in [5, 5.41) is 0. The first-order valence-electron chi connectivity index (χ1n) is 4.74. The molecule has 4 nitrogen and oxygen atoms in total. The predicted molar refractivity (Wildman–Crippen MR) is 61.1 cm³/mol. The highest BCUT2D eigenvalue weighted by molar-refractivity contribution is 9.10. The summed E-state index contributed by atoms with van der Waals surface area (Å²) in [6.45, 7) is 2.65. The molecule has 0 aliphatic carbocycles. The van der Waals surface area contributed by atoms with E-state index in [1.807, 2.05) is 13.0 Å². The molecule has 0 spiro atoms. The van der Waals surface area contributed by atoms with Gasteiger partial charge in [0.1, 0.15) is 5.76 Å². The van der Waals surface area contributed by atoms with E-state index in [4.69, 9.17) is 10.2 Å². The van der Waals surface area contributed by atoms with Crippen LogP contribution in [-0.4, -0.2) is 24.4 Å². The number of hydrogen-bond donors (Lipinski definition) is 1. The molecule has 0 saturated carbocycles. The average Bonchev–Trinajstić information content (AvgIpc) is 2.61. The molecule has 0 fully saturated rings. The van der Waals surface area contributed by atoms with Gasteiger partial charge < -0.3 is 15.1 Å². The quantitative estimate of drug-likeness (QED) is 0.907. The Labute approximate surface area is 97.5 Å². The standard InChI is InChI=1S/C10H15BrN2O2/c1-7(5-12)10(14)13(2)6-8-3-4-9(11)15-8/h3-4,7H,5-6,12H2,1-2H3. The Kier molecular flexibility index (Phi) is 4.35. The number of carbonyl (C=O) groups is 1. The number of amides is 1. The fourth-order valence-corrected chi connectivity index (χ4v) is 1.57.